The van der Waals surface area contributed by atoms with Gasteiger partial charge in [-0.2, -0.15) is 13.2 Å². The number of nitrogens with zero attached hydrogens (tertiary/aromatic N) is 1. The van der Waals surface area contributed by atoms with Crippen molar-refractivity contribution >= 4 is 22.5 Å². The first kappa shape index (κ1) is 11.4. The number of hydrogen-bond donors (Lipinski definition) is 1. The quantitative estimate of drug-likeness (QED) is 0.832. The number of nitrogens with one attached hydrogen (secondary N) is 1. The number of carbonyl (C=O) groups excluding carboxylic acids is 1. The second kappa shape index (κ2) is 4.04. The normalized spacial score (nSPS) is 11.5. The minimum absolute atomic E-state index is 0.0195. The molecule has 6 heteroatoms. The van der Waals surface area contributed by atoms with Crippen LogP contribution in [0.5, 0.6) is 0 Å². The van der Waals surface area contributed by atoms with E-state index < -0.39 is 12.1 Å². The van der Waals surface area contributed by atoms with Gasteiger partial charge in [0.15, 0.2) is 0 Å². The Labute approximate surface area is 94.3 Å². The molecule has 0 fully saturated rings. The van der Waals surface area contributed by atoms with E-state index in [1.165, 1.54) is 12.3 Å². The van der Waals surface area contributed by atoms with Crippen LogP contribution in [0.4, 0.5) is 18.9 Å². The highest BCUT2D eigenvalue weighted by Gasteiger charge is 2.38. The summed E-state index contributed by atoms with van der Waals surface area (Å²) in [6.45, 7) is 0. The van der Waals surface area contributed by atoms with Gasteiger partial charge in [-0.1, -0.05) is 18.2 Å². The van der Waals surface area contributed by atoms with Crippen molar-refractivity contribution in [2.45, 2.75) is 6.18 Å². The number of pyridine rings is 1. The number of aromatic nitrogens is 1. The van der Waals surface area contributed by atoms with E-state index in [1.807, 2.05) is 0 Å². The lowest BCUT2D eigenvalue weighted by atomic mass is 10.2. The lowest BCUT2D eigenvalue weighted by molar-refractivity contribution is -0.167. The molecule has 88 valence electrons. The highest BCUT2D eigenvalue weighted by atomic mass is 19.4. The van der Waals surface area contributed by atoms with Crippen LogP contribution in [0.25, 0.3) is 10.9 Å². The summed E-state index contributed by atoms with van der Waals surface area (Å²) in [4.78, 5) is 14.6. The average molecular weight is 240 g/mol. The summed E-state index contributed by atoms with van der Waals surface area (Å²) in [5.41, 5.74) is 0.670. The summed E-state index contributed by atoms with van der Waals surface area (Å²) in [6, 6.07) is 8.37. The van der Waals surface area contributed by atoms with Gasteiger partial charge < -0.3 is 5.32 Å². The number of amides is 1. The molecule has 0 bridgehead atoms. The lowest BCUT2D eigenvalue weighted by Crippen LogP contribution is -2.29. The van der Waals surface area contributed by atoms with Gasteiger partial charge in [0.2, 0.25) is 0 Å². The van der Waals surface area contributed by atoms with E-state index in [4.69, 9.17) is 0 Å². The number of fused-ring (bicyclic) bond motifs is 1. The fourth-order valence-corrected chi connectivity index (χ4v) is 1.34. The molecular weight excluding hydrogens is 233 g/mol. The molecule has 0 unspecified atom stereocenters. The van der Waals surface area contributed by atoms with Gasteiger partial charge in [-0.05, 0) is 12.1 Å². The molecule has 1 amide bonds. The third-order valence-corrected chi connectivity index (χ3v) is 2.11. The predicted octanol–water partition coefficient (Wildman–Crippen LogP) is 2.74. The molecule has 3 nitrogen and oxygen atoms in total. The van der Waals surface area contributed by atoms with Gasteiger partial charge in [-0.15, -0.1) is 0 Å². The molecule has 0 saturated carbocycles. The highest BCUT2D eigenvalue weighted by Crippen LogP contribution is 2.20. The molecule has 1 aromatic heterocycles. The second-order valence-corrected chi connectivity index (χ2v) is 3.37. The number of benzene rings is 1. The largest absolute Gasteiger partial charge is 0.471 e. The molecule has 1 N–H and O–H groups in total. The molecule has 1 heterocycles. The minimum atomic E-state index is -4.90. The number of anilines is 1. The smallest absolute Gasteiger partial charge is 0.317 e. The molecule has 1 aromatic carbocycles. The standard InChI is InChI=1S/C11H7F3N2O/c12-11(13,14)10(17)16-8-5-7-3-1-2-4-9(7)15-6-8/h1-6H,(H,16,17). The van der Waals surface area contributed by atoms with Crippen molar-refractivity contribution in [3.05, 3.63) is 36.5 Å². The van der Waals surface area contributed by atoms with Crippen LogP contribution in [0, 0.1) is 0 Å². The SMILES string of the molecule is O=C(Nc1cnc2ccccc2c1)C(F)(F)F. The second-order valence-electron chi connectivity index (χ2n) is 3.37. The van der Waals surface area contributed by atoms with E-state index in [1.54, 1.807) is 29.6 Å². The number of carbonyl (C=O) groups is 1. The zero-order valence-electron chi connectivity index (χ0n) is 8.45. The molecule has 0 radical (unpaired) electrons. The van der Waals surface area contributed by atoms with Gasteiger partial charge in [0.05, 0.1) is 17.4 Å². The Morgan fingerprint density at radius 2 is 1.94 bits per heavy atom. The van der Waals surface area contributed by atoms with Crippen LogP contribution < -0.4 is 5.32 Å². The van der Waals surface area contributed by atoms with Crippen molar-refractivity contribution in [2.75, 3.05) is 5.32 Å². The summed E-state index contributed by atoms with van der Waals surface area (Å²) in [5.74, 6) is -2.01. The molecule has 0 spiro atoms. The van der Waals surface area contributed by atoms with Gasteiger partial charge >= 0.3 is 12.1 Å². The maximum Gasteiger partial charge on any atom is 0.471 e. The number of para-hydroxylation sites is 1. The highest BCUT2D eigenvalue weighted by molar-refractivity contribution is 5.96. The van der Waals surface area contributed by atoms with Crippen LogP contribution in [0.3, 0.4) is 0 Å². The van der Waals surface area contributed by atoms with E-state index in [2.05, 4.69) is 4.98 Å². The average Bonchev–Trinajstić information content (AvgIpc) is 2.27. The van der Waals surface area contributed by atoms with E-state index >= 15 is 0 Å². The zero-order chi connectivity index (χ0) is 12.5. The van der Waals surface area contributed by atoms with Crippen molar-refractivity contribution in [2.24, 2.45) is 0 Å². The third kappa shape index (κ3) is 2.52. The van der Waals surface area contributed by atoms with Gasteiger partial charge in [0.1, 0.15) is 0 Å². The van der Waals surface area contributed by atoms with Crippen LogP contribution in [0.2, 0.25) is 0 Å². The Morgan fingerprint density at radius 1 is 1.24 bits per heavy atom. The topological polar surface area (TPSA) is 42.0 Å². The summed E-state index contributed by atoms with van der Waals surface area (Å²) >= 11 is 0. The first-order valence-corrected chi connectivity index (χ1v) is 4.70. The maximum atomic E-state index is 12.0. The molecule has 0 saturated heterocycles. The van der Waals surface area contributed by atoms with Gasteiger partial charge in [0.25, 0.3) is 0 Å². The van der Waals surface area contributed by atoms with Gasteiger partial charge in [-0.25, -0.2) is 0 Å². The molecule has 0 aliphatic rings. The fourth-order valence-electron chi connectivity index (χ4n) is 1.34. The van der Waals surface area contributed by atoms with Crippen LogP contribution in [0.15, 0.2) is 36.5 Å². The van der Waals surface area contributed by atoms with E-state index in [0.29, 0.717) is 10.9 Å². The van der Waals surface area contributed by atoms with Crippen LogP contribution in [-0.2, 0) is 4.79 Å². The molecular formula is C11H7F3N2O. The molecule has 0 atom stereocenters. The summed E-state index contributed by atoms with van der Waals surface area (Å²) < 4.78 is 36.0. The molecule has 2 aromatic rings. The molecule has 2 rings (SSSR count). The van der Waals surface area contributed by atoms with Crippen molar-refractivity contribution < 1.29 is 18.0 Å². The Morgan fingerprint density at radius 3 is 2.65 bits per heavy atom. The zero-order valence-corrected chi connectivity index (χ0v) is 8.45. The van der Waals surface area contributed by atoms with Crippen molar-refractivity contribution in [1.29, 1.82) is 0 Å². The Balaban J connectivity index is 2.29. The minimum Gasteiger partial charge on any atom is -0.317 e. The predicted molar refractivity (Wildman–Crippen MR) is 56.4 cm³/mol. The molecule has 0 aliphatic heterocycles. The summed E-state index contributed by atoms with van der Waals surface area (Å²) in [6.07, 6.45) is -3.71. The van der Waals surface area contributed by atoms with Crippen molar-refractivity contribution in [3.8, 4) is 0 Å². The van der Waals surface area contributed by atoms with Gasteiger partial charge in [-0.3, -0.25) is 9.78 Å². The number of alkyl halides is 3. The number of hydrogen-bond acceptors (Lipinski definition) is 2. The lowest BCUT2D eigenvalue weighted by Gasteiger charge is -2.08. The monoisotopic (exact) mass is 240 g/mol. The van der Waals surface area contributed by atoms with Crippen molar-refractivity contribution in [1.82, 2.24) is 4.98 Å². The summed E-state index contributed by atoms with van der Waals surface area (Å²) in [5, 5.41) is 2.41. The van der Waals surface area contributed by atoms with E-state index in [-0.39, 0.29) is 5.69 Å². The Hall–Kier alpha value is -2.11. The van der Waals surface area contributed by atoms with E-state index in [9.17, 15) is 18.0 Å². The first-order chi connectivity index (χ1) is 7.97. The van der Waals surface area contributed by atoms with Crippen LogP contribution in [0.1, 0.15) is 0 Å². The van der Waals surface area contributed by atoms with E-state index in [0.717, 1.165) is 0 Å². The Kier molecular flexibility index (Phi) is 2.71. The number of halogens is 3. The van der Waals surface area contributed by atoms with Gasteiger partial charge in [0, 0.05) is 5.39 Å². The maximum absolute atomic E-state index is 12.0. The van der Waals surface area contributed by atoms with Crippen LogP contribution >= 0.6 is 0 Å². The third-order valence-electron chi connectivity index (χ3n) is 2.11. The number of rotatable bonds is 1. The van der Waals surface area contributed by atoms with Crippen LogP contribution in [-0.4, -0.2) is 17.1 Å². The fraction of sp³-hybridized carbons (Fsp3) is 0.0909. The van der Waals surface area contributed by atoms with Crippen molar-refractivity contribution in [3.63, 3.8) is 0 Å². The molecule has 0 aliphatic carbocycles. The Bertz CT molecular complexity index is 566. The summed E-state index contributed by atoms with van der Waals surface area (Å²) in [7, 11) is 0. The first-order valence-electron chi connectivity index (χ1n) is 4.70. The molecule has 17 heavy (non-hydrogen) atoms.